The number of carbonyl (C=O) groups excluding carboxylic acids is 1. The Morgan fingerprint density at radius 3 is 2.50 bits per heavy atom. The van der Waals surface area contributed by atoms with Crippen molar-refractivity contribution < 1.29 is 27.4 Å². The number of halogens is 3. The van der Waals surface area contributed by atoms with Gasteiger partial charge in [-0.2, -0.15) is 13.2 Å². The highest BCUT2D eigenvalue weighted by Gasteiger charge is 2.33. The van der Waals surface area contributed by atoms with Gasteiger partial charge >= 0.3 is 6.18 Å². The minimum atomic E-state index is -4.60. The minimum Gasteiger partial charge on any atom is -0.495 e. The number of alkyl halides is 3. The van der Waals surface area contributed by atoms with E-state index in [9.17, 15) is 18.0 Å². The first-order valence-corrected chi connectivity index (χ1v) is 12.4. The van der Waals surface area contributed by atoms with Crippen LogP contribution in [0.5, 0.6) is 11.5 Å². The molecule has 1 aliphatic heterocycles. The molecule has 5 N–H and O–H groups in total. The molecule has 0 spiro atoms. The topological polar surface area (TPSA) is 119 Å². The van der Waals surface area contributed by atoms with Crippen LogP contribution in [0.4, 0.5) is 24.5 Å². The van der Waals surface area contributed by atoms with Crippen LogP contribution in [0.25, 0.3) is 5.70 Å². The molecule has 0 aliphatic carbocycles. The Morgan fingerprint density at radius 1 is 1.12 bits per heavy atom. The molecule has 2 aromatic carbocycles. The third-order valence-electron chi connectivity index (χ3n) is 6.60. The lowest BCUT2D eigenvalue weighted by Crippen LogP contribution is -2.36. The summed E-state index contributed by atoms with van der Waals surface area (Å²) >= 11 is 0. The number of aryl methyl sites for hydroxylation is 1. The number of methoxy groups -OCH3 is 2. The molecular weight excluding hydrogens is 525 g/mol. The SMILES string of the molecule is COc1cncc(/C(N)=C/N(N)c2cc(C(=O)Nc3cc(C(F)(F)F)cc(CN4CCC4)c3OC)ccc2C)c1. The van der Waals surface area contributed by atoms with Crippen LogP contribution in [0.15, 0.2) is 55.0 Å². The molecule has 3 aromatic rings. The van der Waals surface area contributed by atoms with Crippen molar-refractivity contribution in [2.75, 3.05) is 37.6 Å². The van der Waals surface area contributed by atoms with Crippen molar-refractivity contribution in [3.63, 3.8) is 0 Å². The van der Waals surface area contributed by atoms with Crippen LogP contribution >= 0.6 is 0 Å². The fourth-order valence-corrected chi connectivity index (χ4v) is 4.29. The average molecular weight is 557 g/mol. The lowest BCUT2D eigenvalue weighted by molar-refractivity contribution is -0.137. The van der Waals surface area contributed by atoms with Crippen LogP contribution in [0.3, 0.4) is 0 Å². The number of nitrogens with zero attached hydrogens (tertiary/aromatic N) is 3. The fraction of sp³-hybridized carbons (Fsp3) is 0.286. The van der Waals surface area contributed by atoms with E-state index in [1.807, 2.05) is 4.90 Å². The van der Waals surface area contributed by atoms with E-state index in [0.29, 0.717) is 28.3 Å². The Bertz CT molecular complexity index is 1420. The third kappa shape index (κ3) is 6.46. The molecule has 0 bridgehead atoms. The number of anilines is 2. The van der Waals surface area contributed by atoms with Crippen molar-refractivity contribution >= 4 is 23.0 Å². The molecule has 4 rings (SSSR count). The van der Waals surface area contributed by atoms with Gasteiger partial charge in [0.05, 0.1) is 43.1 Å². The van der Waals surface area contributed by atoms with Gasteiger partial charge in [-0.3, -0.25) is 19.7 Å². The van der Waals surface area contributed by atoms with Crippen molar-refractivity contribution in [1.29, 1.82) is 0 Å². The maximum absolute atomic E-state index is 13.7. The van der Waals surface area contributed by atoms with E-state index in [1.165, 1.54) is 37.7 Å². The number of hydrogen-bond donors (Lipinski definition) is 3. The van der Waals surface area contributed by atoms with Gasteiger partial charge in [-0.05, 0) is 62.3 Å². The molecule has 0 radical (unpaired) electrons. The van der Waals surface area contributed by atoms with Crippen molar-refractivity contribution in [2.45, 2.75) is 26.1 Å². The average Bonchev–Trinajstić information content (AvgIpc) is 2.90. The van der Waals surface area contributed by atoms with Crippen LogP contribution in [0.1, 0.15) is 39.0 Å². The standard InChI is InChI=1S/C28H31F3N6O3/c1-17-5-6-18(11-25(17)37(33)16-23(32)19-10-22(39-2)14-34-13-19)27(38)35-24-12-21(28(29,30)31)9-20(26(24)40-3)15-36-7-4-8-36/h5-6,9-14,16H,4,7-8,15,32-33H2,1-3H3,(H,35,38)/b23-16-. The van der Waals surface area contributed by atoms with Gasteiger partial charge < -0.3 is 20.5 Å². The van der Waals surface area contributed by atoms with E-state index in [4.69, 9.17) is 21.1 Å². The van der Waals surface area contributed by atoms with Gasteiger partial charge in [-0.25, -0.2) is 5.84 Å². The molecule has 212 valence electrons. The summed E-state index contributed by atoms with van der Waals surface area (Å²) in [6, 6.07) is 8.41. The number of nitrogens with one attached hydrogen (secondary N) is 1. The highest BCUT2D eigenvalue weighted by Crippen LogP contribution is 2.39. The van der Waals surface area contributed by atoms with Crippen molar-refractivity contribution in [3.8, 4) is 11.5 Å². The van der Waals surface area contributed by atoms with Gasteiger partial charge in [0.15, 0.2) is 0 Å². The van der Waals surface area contributed by atoms with Crippen LogP contribution < -0.4 is 31.4 Å². The summed E-state index contributed by atoms with van der Waals surface area (Å²) in [5, 5.41) is 3.86. The van der Waals surface area contributed by atoms with E-state index in [2.05, 4.69) is 10.3 Å². The number of benzene rings is 2. The molecule has 0 unspecified atom stereocenters. The summed E-state index contributed by atoms with van der Waals surface area (Å²) in [4.78, 5) is 19.3. The number of hydrazine groups is 1. The Labute approximate surface area is 230 Å². The highest BCUT2D eigenvalue weighted by atomic mass is 19.4. The zero-order valence-electron chi connectivity index (χ0n) is 22.4. The molecule has 1 aromatic heterocycles. The number of likely N-dealkylation sites (tertiary alicyclic amines) is 1. The largest absolute Gasteiger partial charge is 0.495 e. The van der Waals surface area contributed by atoms with Crippen LogP contribution in [0, 0.1) is 6.92 Å². The lowest BCUT2D eigenvalue weighted by atomic mass is 10.0. The van der Waals surface area contributed by atoms with Gasteiger partial charge in [-0.15, -0.1) is 0 Å². The first-order valence-electron chi connectivity index (χ1n) is 12.4. The molecule has 0 atom stereocenters. The van der Waals surface area contributed by atoms with Gasteiger partial charge in [-0.1, -0.05) is 6.07 Å². The second-order valence-corrected chi connectivity index (χ2v) is 9.40. The Balaban J connectivity index is 1.63. The number of carbonyl (C=O) groups is 1. The number of nitrogens with two attached hydrogens (primary N) is 2. The number of amides is 1. The lowest BCUT2D eigenvalue weighted by Gasteiger charge is -2.31. The molecule has 1 fully saturated rings. The maximum atomic E-state index is 13.7. The van der Waals surface area contributed by atoms with Crippen molar-refractivity contribution in [3.05, 3.63) is 82.8 Å². The number of ether oxygens (including phenoxy) is 2. The monoisotopic (exact) mass is 556 g/mol. The molecule has 40 heavy (non-hydrogen) atoms. The zero-order valence-corrected chi connectivity index (χ0v) is 22.4. The van der Waals surface area contributed by atoms with E-state index in [-0.39, 0.29) is 23.5 Å². The van der Waals surface area contributed by atoms with E-state index >= 15 is 0 Å². The van der Waals surface area contributed by atoms with Gasteiger partial charge in [0.2, 0.25) is 0 Å². The number of aromatic nitrogens is 1. The Kier molecular flexibility index (Phi) is 8.50. The number of pyridine rings is 1. The molecule has 1 saturated heterocycles. The zero-order chi connectivity index (χ0) is 29.0. The van der Waals surface area contributed by atoms with Crippen molar-refractivity contribution in [1.82, 2.24) is 9.88 Å². The smallest absolute Gasteiger partial charge is 0.416 e. The summed E-state index contributed by atoms with van der Waals surface area (Å²) in [5.74, 6) is 6.34. The second-order valence-electron chi connectivity index (χ2n) is 9.40. The van der Waals surface area contributed by atoms with Crippen molar-refractivity contribution in [2.24, 2.45) is 11.6 Å². The van der Waals surface area contributed by atoms with Crippen LogP contribution in [-0.2, 0) is 12.7 Å². The van der Waals surface area contributed by atoms with Gasteiger partial charge in [0.1, 0.15) is 11.5 Å². The summed E-state index contributed by atoms with van der Waals surface area (Å²) < 4.78 is 51.8. The molecule has 0 saturated carbocycles. The summed E-state index contributed by atoms with van der Waals surface area (Å²) in [7, 11) is 2.88. The van der Waals surface area contributed by atoms with Crippen LogP contribution in [-0.4, -0.2) is 43.1 Å². The first kappa shape index (κ1) is 28.7. The quantitative estimate of drug-likeness (QED) is 0.260. The van der Waals surface area contributed by atoms with Crippen LogP contribution in [0.2, 0.25) is 0 Å². The summed E-state index contributed by atoms with van der Waals surface area (Å²) in [5.41, 5.74) is 7.86. The summed E-state index contributed by atoms with van der Waals surface area (Å²) in [6.45, 7) is 3.65. The maximum Gasteiger partial charge on any atom is 0.416 e. The fourth-order valence-electron chi connectivity index (χ4n) is 4.29. The van der Waals surface area contributed by atoms with E-state index in [1.54, 1.807) is 31.3 Å². The van der Waals surface area contributed by atoms with E-state index in [0.717, 1.165) is 37.2 Å². The molecule has 2 heterocycles. The normalized spacial score (nSPS) is 13.9. The molecular formula is C28H31F3N6O3. The van der Waals surface area contributed by atoms with E-state index < -0.39 is 17.6 Å². The molecule has 12 heteroatoms. The second kappa shape index (κ2) is 11.8. The highest BCUT2D eigenvalue weighted by molar-refractivity contribution is 6.06. The molecule has 1 aliphatic rings. The molecule has 1 amide bonds. The summed E-state index contributed by atoms with van der Waals surface area (Å²) in [6.07, 6.45) is 0.944. The number of rotatable bonds is 9. The predicted molar refractivity (Wildman–Crippen MR) is 147 cm³/mol. The van der Waals surface area contributed by atoms with Gasteiger partial charge in [0.25, 0.3) is 5.91 Å². The van der Waals surface area contributed by atoms with Gasteiger partial charge in [0, 0.05) is 35.6 Å². The molecule has 9 nitrogen and oxygen atoms in total. The Hall–Kier alpha value is -4.29. The number of hydrogen-bond acceptors (Lipinski definition) is 8. The minimum absolute atomic E-state index is 0.0701. The first-order chi connectivity index (χ1) is 19.0. The predicted octanol–water partition coefficient (Wildman–Crippen LogP) is 4.52. The third-order valence-corrected chi connectivity index (χ3v) is 6.60. The Morgan fingerprint density at radius 2 is 1.88 bits per heavy atom.